The highest BCUT2D eigenvalue weighted by atomic mass is 35.5. The molecular weight excluding hydrogens is 266 g/mol. The van der Waals surface area contributed by atoms with Crippen LogP contribution in [0.5, 0.6) is 11.5 Å². The molecule has 0 aliphatic rings. The molecule has 0 fully saturated rings. The Labute approximate surface area is 115 Å². The average molecular weight is 278 g/mol. The lowest BCUT2D eigenvalue weighted by atomic mass is 10.1. The molecule has 0 radical (unpaired) electrons. The minimum absolute atomic E-state index is 0.214. The van der Waals surface area contributed by atoms with Crippen LogP contribution in [-0.4, -0.2) is 25.0 Å². The van der Waals surface area contributed by atoms with Crippen molar-refractivity contribution in [2.24, 2.45) is 0 Å². The lowest BCUT2D eigenvalue weighted by Gasteiger charge is -2.07. The number of carbonyl (C=O) groups is 1. The van der Waals surface area contributed by atoms with Crippen LogP contribution in [0, 0.1) is 0 Å². The maximum atomic E-state index is 12.3. The third-order valence-electron chi connectivity index (χ3n) is 2.57. The maximum Gasteiger partial charge on any atom is 0.211 e. The molecule has 2 rings (SSSR count). The Morgan fingerprint density at radius 3 is 2.21 bits per heavy atom. The summed E-state index contributed by atoms with van der Waals surface area (Å²) in [5.74, 6) is 0.891. The smallest absolute Gasteiger partial charge is 0.211 e. The fraction of sp³-hybridized carbons (Fsp3) is 0.143. The van der Waals surface area contributed by atoms with Crippen molar-refractivity contribution in [2.45, 2.75) is 0 Å². The van der Waals surface area contributed by atoms with Crippen molar-refractivity contribution in [3.8, 4) is 11.5 Å². The van der Waals surface area contributed by atoms with Gasteiger partial charge in [-0.1, -0.05) is 11.6 Å². The second-order valence-electron chi connectivity index (χ2n) is 3.79. The minimum atomic E-state index is -0.214. The zero-order valence-corrected chi connectivity index (χ0v) is 11.3. The number of methoxy groups -OCH3 is 2. The van der Waals surface area contributed by atoms with Gasteiger partial charge in [0.2, 0.25) is 5.78 Å². The topological polar surface area (TPSA) is 48.4 Å². The van der Waals surface area contributed by atoms with E-state index >= 15 is 0 Å². The van der Waals surface area contributed by atoms with Crippen LogP contribution in [0.4, 0.5) is 0 Å². The van der Waals surface area contributed by atoms with E-state index in [1.54, 1.807) is 30.3 Å². The van der Waals surface area contributed by atoms with Crippen molar-refractivity contribution < 1.29 is 14.3 Å². The molecule has 1 heterocycles. The van der Waals surface area contributed by atoms with E-state index in [1.165, 1.54) is 20.4 Å². The standard InChI is InChI=1S/C14H12ClNO3/c1-18-11-5-9(6-12(7-11)19-2)14(17)13-4-3-10(15)8-16-13/h3-8H,1-2H3. The van der Waals surface area contributed by atoms with E-state index in [1.807, 2.05) is 0 Å². The lowest BCUT2D eigenvalue weighted by Crippen LogP contribution is -2.04. The van der Waals surface area contributed by atoms with E-state index in [0.29, 0.717) is 27.8 Å². The summed E-state index contributed by atoms with van der Waals surface area (Å²) in [4.78, 5) is 16.3. The van der Waals surface area contributed by atoms with Crippen LogP contribution in [0.15, 0.2) is 36.5 Å². The fourth-order valence-electron chi connectivity index (χ4n) is 1.60. The second-order valence-corrected chi connectivity index (χ2v) is 4.23. The zero-order chi connectivity index (χ0) is 13.8. The molecule has 0 bridgehead atoms. The summed E-state index contributed by atoms with van der Waals surface area (Å²) < 4.78 is 10.3. The van der Waals surface area contributed by atoms with Crippen LogP contribution in [0.3, 0.4) is 0 Å². The quantitative estimate of drug-likeness (QED) is 0.806. The number of rotatable bonds is 4. The van der Waals surface area contributed by atoms with Gasteiger partial charge in [-0.05, 0) is 24.3 Å². The van der Waals surface area contributed by atoms with E-state index in [0.717, 1.165) is 0 Å². The summed E-state index contributed by atoms with van der Waals surface area (Å²) in [6.45, 7) is 0. The summed E-state index contributed by atoms with van der Waals surface area (Å²) in [6.07, 6.45) is 1.44. The molecule has 0 aliphatic carbocycles. The molecule has 5 heteroatoms. The molecule has 0 aliphatic heterocycles. The van der Waals surface area contributed by atoms with E-state index in [9.17, 15) is 4.79 Å². The Morgan fingerprint density at radius 1 is 1.11 bits per heavy atom. The highest BCUT2D eigenvalue weighted by molar-refractivity contribution is 6.30. The number of halogens is 1. The normalized spacial score (nSPS) is 10.1. The molecule has 0 spiro atoms. The van der Waals surface area contributed by atoms with E-state index in [-0.39, 0.29) is 5.78 Å². The van der Waals surface area contributed by atoms with Crippen molar-refractivity contribution in [3.63, 3.8) is 0 Å². The Morgan fingerprint density at radius 2 is 1.74 bits per heavy atom. The van der Waals surface area contributed by atoms with Gasteiger partial charge >= 0.3 is 0 Å². The van der Waals surface area contributed by atoms with Crippen LogP contribution in [0.25, 0.3) is 0 Å². The molecule has 0 unspecified atom stereocenters. The Kier molecular flexibility index (Phi) is 4.02. The molecule has 0 saturated carbocycles. The van der Waals surface area contributed by atoms with Crippen LogP contribution < -0.4 is 9.47 Å². The maximum absolute atomic E-state index is 12.3. The van der Waals surface area contributed by atoms with Crippen molar-refractivity contribution in [3.05, 3.63) is 52.8 Å². The van der Waals surface area contributed by atoms with Gasteiger partial charge in [0.25, 0.3) is 0 Å². The van der Waals surface area contributed by atoms with Gasteiger partial charge in [0.1, 0.15) is 17.2 Å². The molecule has 0 N–H and O–H groups in total. The van der Waals surface area contributed by atoms with Gasteiger partial charge in [0.05, 0.1) is 19.2 Å². The van der Waals surface area contributed by atoms with Crippen LogP contribution in [0.2, 0.25) is 5.02 Å². The summed E-state index contributed by atoms with van der Waals surface area (Å²) in [5.41, 5.74) is 0.769. The van der Waals surface area contributed by atoms with Crippen molar-refractivity contribution in [1.82, 2.24) is 4.98 Å². The molecule has 98 valence electrons. The molecule has 0 amide bonds. The average Bonchev–Trinajstić information content (AvgIpc) is 2.46. The minimum Gasteiger partial charge on any atom is -0.497 e. The number of hydrogen-bond donors (Lipinski definition) is 0. The zero-order valence-electron chi connectivity index (χ0n) is 10.5. The number of nitrogens with zero attached hydrogens (tertiary/aromatic N) is 1. The first-order chi connectivity index (χ1) is 9.13. The van der Waals surface area contributed by atoms with Crippen molar-refractivity contribution in [1.29, 1.82) is 0 Å². The number of pyridine rings is 1. The third-order valence-corrected chi connectivity index (χ3v) is 2.80. The number of carbonyl (C=O) groups excluding carboxylic acids is 1. The van der Waals surface area contributed by atoms with Gasteiger partial charge in [-0.2, -0.15) is 0 Å². The second kappa shape index (κ2) is 5.71. The van der Waals surface area contributed by atoms with Gasteiger partial charge < -0.3 is 9.47 Å². The first kappa shape index (κ1) is 13.4. The number of aromatic nitrogens is 1. The van der Waals surface area contributed by atoms with Crippen LogP contribution in [0.1, 0.15) is 16.1 Å². The fourth-order valence-corrected chi connectivity index (χ4v) is 1.71. The van der Waals surface area contributed by atoms with Crippen molar-refractivity contribution >= 4 is 17.4 Å². The summed E-state index contributed by atoms with van der Waals surface area (Å²) in [6, 6.07) is 8.18. The highest BCUT2D eigenvalue weighted by Gasteiger charge is 2.13. The molecular formula is C14H12ClNO3. The van der Waals surface area contributed by atoms with Gasteiger partial charge in [-0.3, -0.25) is 9.78 Å². The Hall–Kier alpha value is -2.07. The Bertz CT molecular complexity index is 574. The largest absolute Gasteiger partial charge is 0.497 e. The Balaban J connectivity index is 2.40. The summed E-state index contributed by atoms with van der Waals surface area (Å²) in [7, 11) is 3.06. The number of ketones is 1. The van der Waals surface area contributed by atoms with Gasteiger partial charge in [-0.15, -0.1) is 0 Å². The molecule has 0 saturated heterocycles. The summed E-state index contributed by atoms with van der Waals surface area (Å²) >= 11 is 5.74. The van der Waals surface area contributed by atoms with E-state index in [2.05, 4.69) is 4.98 Å². The number of benzene rings is 1. The summed E-state index contributed by atoms with van der Waals surface area (Å²) in [5, 5.41) is 0.486. The monoisotopic (exact) mass is 277 g/mol. The van der Waals surface area contributed by atoms with E-state index < -0.39 is 0 Å². The predicted octanol–water partition coefficient (Wildman–Crippen LogP) is 2.98. The van der Waals surface area contributed by atoms with Crippen LogP contribution in [-0.2, 0) is 0 Å². The molecule has 2 aromatic rings. The first-order valence-corrected chi connectivity index (χ1v) is 5.91. The lowest BCUT2D eigenvalue weighted by molar-refractivity contribution is 0.103. The highest BCUT2D eigenvalue weighted by Crippen LogP contribution is 2.24. The van der Waals surface area contributed by atoms with Gasteiger partial charge in [0, 0.05) is 17.8 Å². The third kappa shape index (κ3) is 3.03. The molecule has 1 aromatic carbocycles. The first-order valence-electron chi connectivity index (χ1n) is 5.53. The SMILES string of the molecule is COc1cc(OC)cc(C(=O)c2ccc(Cl)cn2)c1. The van der Waals surface area contributed by atoms with Crippen molar-refractivity contribution in [2.75, 3.05) is 14.2 Å². The van der Waals surface area contributed by atoms with Gasteiger partial charge in [0.15, 0.2) is 0 Å². The van der Waals surface area contributed by atoms with E-state index in [4.69, 9.17) is 21.1 Å². The molecule has 0 atom stereocenters. The van der Waals surface area contributed by atoms with Gasteiger partial charge in [-0.25, -0.2) is 0 Å². The molecule has 19 heavy (non-hydrogen) atoms. The number of ether oxygens (including phenoxy) is 2. The predicted molar refractivity (Wildman–Crippen MR) is 72.2 cm³/mol. The number of hydrogen-bond acceptors (Lipinski definition) is 4. The molecule has 1 aromatic heterocycles. The molecule has 4 nitrogen and oxygen atoms in total. The van der Waals surface area contributed by atoms with Crippen LogP contribution >= 0.6 is 11.6 Å².